The number of benzene rings is 1. The minimum atomic E-state index is -5.05. The van der Waals surface area contributed by atoms with Gasteiger partial charge in [0.15, 0.2) is 11.4 Å². The van der Waals surface area contributed by atoms with Gasteiger partial charge in [-0.15, -0.1) is 0 Å². The van der Waals surface area contributed by atoms with E-state index in [0.717, 1.165) is 27.8 Å². The van der Waals surface area contributed by atoms with Crippen LogP contribution in [0.1, 0.15) is 49.0 Å². The number of H-pyrrole nitrogens is 1. The molecule has 0 unspecified atom stereocenters. The zero-order chi connectivity index (χ0) is 25.8. The summed E-state index contributed by atoms with van der Waals surface area (Å²) in [6.07, 6.45) is -6.15. The summed E-state index contributed by atoms with van der Waals surface area (Å²) < 4.78 is 80.7. The molecule has 1 aliphatic rings. The highest BCUT2D eigenvalue weighted by atomic mass is 19.4. The van der Waals surface area contributed by atoms with Crippen molar-refractivity contribution >= 4 is 16.9 Å². The molecular formula is C23H21F6N7. The van der Waals surface area contributed by atoms with Gasteiger partial charge in [-0.1, -0.05) is 13.8 Å². The van der Waals surface area contributed by atoms with Crippen LogP contribution in [0.4, 0.5) is 32.3 Å². The summed E-state index contributed by atoms with van der Waals surface area (Å²) in [6.45, 7) is 4.02. The van der Waals surface area contributed by atoms with E-state index in [0.29, 0.717) is 12.8 Å². The van der Waals surface area contributed by atoms with Crippen LogP contribution in [0.2, 0.25) is 0 Å². The molecule has 1 atom stereocenters. The molecule has 190 valence electrons. The Kier molecular flexibility index (Phi) is 5.67. The molecule has 0 fully saturated rings. The number of fused-ring (bicyclic) bond motifs is 3. The summed E-state index contributed by atoms with van der Waals surface area (Å²) in [4.78, 5) is 13.3. The fraction of sp³-hybridized carbons (Fsp3) is 0.391. The number of alkyl halides is 6. The summed E-state index contributed by atoms with van der Waals surface area (Å²) >= 11 is 0. The van der Waals surface area contributed by atoms with Gasteiger partial charge < -0.3 is 9.88 Å². The van der Waals surface area contributed by atoms with E-state index in [2.05, 4.69) is 25.1 Å². The first-order valence-electron chi connectivity index (χ1n) is 11.2. The quantitative estimate of drug-likeness (QED) is 0.356. The Labute approximate surface area is 201 Å². The van der Waals surface area contributed by atoms with Crippen molar-refractivity contribution in [1.82, 2.24) is 29.9 Å². The molecule has 0 radical (unpaired) electrons. The monoisotopic (exact) mass is 509 g/mol. The third kappa shape index (κ3) is 4.37. The summed E-state index contributed by atoms with van der Waals surface area (Å²) in [6, 6.07) is 4.99. The van der Waals surface area contributed by atoms with Gasteiger partial charge in [-0.2, -0.15) is 41.3 Å². The Hall–Kier alpha value is -3.64. The number of anilines is 1. The highest BCUT2D eigenvalue weighted by Gasteiger charge is 2.41. The lowest BCUT2D eigenvalue weighted by atomic mass is 9.91. The van der Waals surface area contributed by atoms with E-state index in [9.17, 15) is 26.3 Å². The van der Waals surface area contributed by atoms with Crippen molar-refractivity contribution in [2.45, 2.75) is 45.1 Å². The van der Waals surface area contributed by atoms with Crippen molar-refractivity contribution < 1.29 is 26.3 Å². The maximum Gasteiger partial charge on any atom is 0.433 e. The lowest BCUT2D eigenvalue weighted by molar-refractivity contribution is -0.147. The SMILES string of the molecule is CC(C)C[C@H]1c2[nH]c3ccc(-n4nccn4)cc3c2CCN1c1nc(C(F)(F)F)cc(C(F)(F)F)n1. The van der Waals surface area contributed by atoms with Crippen LogP contribution in [0.15, 0.2) is 36.7 Å². The van der Waals surface area contributed by atoms with Crippen LogP contribution in [0, 0.1) is 5.92 Å². The Balaban J connectivity index is 1.63. The molecule has 1 aromatic carbocycles. The second-order valence-corrected chi connectivity index (χ2v) is 9.09. The molecule has 1 aliphatic heterocycles. The van der Waals surface area contributed by atoms with E-state index < -0.39 is 35.7 Å². The second kappa shape index (κ2) is 8.49. The van der Waals surface area contributed by atoms with Gasteiger partial charge in [0, 0.05) is 23.1 Å². The van der Waals surface area contributed by atoms with Gasteiger partial charge in [0.1, 0.15) is 0 Å². The summed E-state index contributed by atoms with van der Waals surface area (Å²) in [5.41, 5.74) is -0.0431. The minimum Gasteiger partial charge on any atom is -0.356 e. The number of aromatic amines is 1. The Morgan fingerprint density at radius 1 is 0.972 bits per heavy atom. The number of aromatic nitrogens is 6. The van der Waals surface area contributed by atoms with Crippen LogP contribution in [-0.2, 0) is 18.8 Å². The molecular weight excluding hydrogens is 488 g/mol. The normalized spacial score (nSPS) is 16.7. The average molecular weight is 509 g/mol. The number of hydrogen-bond acceptors (Lipinski definition) is 5. The standard InChI is InChI=1S/C23H21F6N7/c1-12(2)9-17-20-14(15-10-13(3-4-16(15)32-20)36-30-6-7-31-36)5-8-35(17)21-33-18(22(24,25)26)11-19(34-21)23(27,28)29/h3-4,6-7,10-12,17,32H,5,8-9H2,1-2H3/t17-/m0/s1. The molecule has 0 spiro atoms. The molecule has 0 saturated carbocycles. The maximum atomic E-state index is 13.4. The first kappa shape index (κ1) is 24.1. The zero-order valence-electron chi connectivity index (χ0n) is 19.2. The van der Waals surface area contributed by atoms with Gasteiger partial charge in [-0.05, 0) is 48.6 Å². The van der Waals surface area contributed by atoms with E-state index in [1.807, 2.05) is 32.0 Å². The number of hydrogen-bond donors (Lipinski definition) is 1. The fourth-order valence-electron chi connectivity index (χ4n) is 4.61. The summed E-state index contributed by atoms with van der Waals surface area (Å²) in [5.74, 6) is -0.500. The van der Waals surface area contributed by atoms with Crippen LogP contribution < -0.4 is 4.90 Å². The zero-order valence-corrected chi connectivity index (χ0v) is 19.2. The van der Waals surface area contributed by atoms with Gasteiger partial charge in [0.25, 0.3) is 0 Å². The smallest absolute Gasteiger partial charge is 0.356 e. The second-order valence-electron chi connectivity index (χ2n) is 9.09. The van der Waals surface area contributed by atoms with Crippen molar-refractivity contribution in [3.05, 3.63) is 59.3 Å². The molecule has 4 aromatic rings. The lowest BCUT2D eigenvalue weighted by Gasteiger charge is -2.37. The van der Waals surface area contributed by atoms with Crippen molar-refractivity contribution in [2.24, 2.45) is 5.92 Å². The van der Waals surface area contributed by atoms with Gasteiger partial charge in [0.2, 0.25) is 5.95 Å². The first-order chi connectivity index (χ1) is 16.9. The van der Waals surface area contributed by atoms with Crippen LogP contribution in [-0.4, -0.2) is 36.5 Å². The van der Waals surface area contributed by atoms with Crippen molar-refractivity contribution in [2.75, 3.05) is 11.4 Å². The molecule has 0 amide bonds. The minimum absolute atomic E-state index is 0.0515. The topological polar surface area (TPSA) is 75.5 Å². The fourth-order valence-corrected chi connectivity index (χ4v) is 4.61. The highest BCUT2D eigenvalue weighted by molar-refractivity contribution is 5.87. The van der Waals surface area contributed by atoms with Gasteiger partial charge in [0.05, 0.1) is 24.1 Å². The summed E-state index contributed by atoms with van der Waals surface area (Å²) in [5, 5.41) is 9.17. The van der Waals surface area contributed by atoms with E-state index >= 15 is 0 Å². The van der Waals surface area contributed by atoms with E-state index in [1.165, 1.54) is 9.70 Å². The van der Waals surface area contributed by atoms with E-state index in [-0.39, 0.29) is 18.5 Å². The molecule has 13 heteroatoms. The van der Waals surface area contributed by atoms with Gasteiger partial charge in [-0.3, -0.25) is 0 Å². The van der Waals surface area contributed by atoms with Crippen LogP contribution in [0.3, 0.4) is 0 Å². The molecule has 4 heterocycles. The number of nitrogens with zero attached hydrogens (tertiary/aromatic N) is 6. The van der Waals surface area contributed by atoms with Crippen LogP contribution in [0.5, 0.6) is 0 Å². The molecule has 0 aliphatic carbocycles. The molecule has 36 heavy (non-hydrogen) atoms. The Bertz CT molecular complexity index is 1360. The van der Waals surface area contributed by atoms with Gasteiger partial charge in [-0.25, -0.2) is 9.97 Å². The number of rotatable bonds is 4. The predicted octanol–water partition coefficient (Wildman–Crippen LogP) is 5.73. The summed E-state index contributed by atoms with van der Waals surface area (Å²) in [7, 11) is 0. The Morgan fingerprint density at radius 3 is 2.19 bits per heavy atom. The van der Waals surface area contributed by atoms with E-state index in [1.54, 1.807) is 12.4 Å². The van der Waals surface area contributed by atoms with E-state index in [4.69, 9.17) is 0 Å². The molecule has 1 N–H and O–H groups in total. The maximum absolute atomic E-state index is 13.4. The molecule has 0 bridgehead atoms. The largest absolute Gasteiger partial charge is 0.433 e. The van der Waals surface area contributed by atoms with Crippen molar-refractivity contribution in [3.63, 3.8) is 0 Å². The lowest BCUT2D eigenvalue weighted by Crippen LogP contribution is -2.38. The average Bonchev–Trinajstić information content (AvgIpc) is 3.45. The van der Waals surface area contributed by atoms with Crippen LogP contribution >= 0.6 is 0 Å². The van der Waals surface area contributed by atoms with Crippen LogP contribution in [0.25, 0.3) is 16.6 Å². The predicted molar refractivity (Wildman–Crippen MR) is 118 cm³/mol. The third-order valence-corrected chi connectivity index (χ3v) is 6.13. The number of nitrogens with one attached hydrogen (secondary N) is 1. The Morgan fingerprint density at radius 2 is 1.61 bits per heavy atom. The highest BCUT2D eigenvalue weighted by Crippen LogP contribution is 2.41. The molecule has 0 saturated heterocycles. The van der Waals surface area contributed by atoms with Crippen molar-refractivity contribution in [3.8, 4) is 5.69 Å². The third-order valence-electron chi connectivity index (χ3n) is 6.13. The molecule has 7 nitrogen and oxygen atoms in total. The molecule has 5 rings (SSSR count). The first-order valence-corrected chi connectivity index (χ1v) is 11.2. The van der Waals surface area contributed by atoms with Gasteiger partial charge >= 0.3 is 12.4 Å². The molecule has 3 aromatic heterocycles. The van der Waals surface area contributed by atoms with Crippen molar-refractivity contribution in [1.29, 1.82) is 0 Å². The number of halogens is 6.